The first-order valence-electron chi connectivity index (χ1n) is 5.12. The Balaban J connectivity index is 0.000000181. The van der Waals surface area contributed by atoms with Crippen LogP contribution in [0.4, 0.5) is 5.13 Å². The molecule has 0 aliphatic carbocycles. The Hall–Kier alpha value is -1.46. The minimum atomic E-state index is 0.648. The van der Waals surface area contributed by atoms with Crippen LogP contribution in [0.1, 0.15) is 11.1 Å². The zero-order valence-electron chi connectivity index (χ0n) is 9.68. The van der Waals surface area contributed by atoms with Crippen molar-refractivity contribution in [3.8, 4) is 0 Å². The van der Waals surface area contributed by atoms with E-state index in [0.717, 1.165) is 5.52 Å². The smallest absolute Gasteiger partial charge is 0.181 e. The van der Waals surface area contributed by atoms with Gasteiger partial charge in [-0.25, -0.2) is 4.98 Å². The molecule has 0 atom stereocenters. The van der Waals surface area contributed by atoms with E-state index in [9.17, 15) is 0 Å². The summed E-state index contributed by atoms with van der Waals surface area (Å²) >= 11 is 3.14. The van der Waals surface area contributed by atoms with Gasteiger partial charge in [0, 0.05) is 11.6 Å². The Morgan fingerprint density at radius 3 is 2.53 bits per heavy atom. The number of fused-ring (bicyclic) bond motifs is 1. The molecule has 1 aromatic carbocycles. The van der Waals surface area contributed by atoms with Gasteiger partial charge in [0.15, 0.2) is 5.13 Å². The Kier molecular flexibility index (Phi) is 3.71. The highest BCUT2D eigenvalue weighted by molar-refractivity contribution is 7.22. The molecule has 0 bridgehead atoms. The van der Waals surface area contributed by atoms with Gasteiger partial charge < -0.3 is 5.73 Å². The van der Waals surface area contributed by atoms with Gasteiger partial charge in [0.25, 0.3) is 0 Å². The molecule has 3 aromatic rings. The molecule has 3 nitrogen and oxygen atoms in total. The highest BCUT2D eigenvalue weighted by atomic mass is 32.1. The monoisotopic (exact) mass is 263 g/mol. The molecule has 2 heterocycles. The van der Waals surface area contributed by atoms with Crippen molar-refractivity contribution in [2.75, 3.05) is 5.73 Å². The lowest BCUT2D eigenvalue weighted by molar-refractivity contribution is 1.35. The van der Waals surface area contributed by atoms with E-state index in [1.165, 1.54) is 15.8 Å². The summed E-state index contributed by atoms with van der Waals surface area (Å²) < 4.78 is 1.18. The number of hydrogen-bond acceptors (Lipinski definition) is 5. The van der Waals surface area contributed by atoms with E-state index in [1.807, 2.05) is 5.38 Å². The maximum Gasteiger partial charge on any atom is 0.181 e. The Labute approximate surface area is 108 Å². The fraction of sp³-hybridized carbons (Fsp3) is 0.167. The third-order valence-electron chi connectivity index (χ3n) is 2.37. The maximum atomic E-state index is 5.60. The number of hydrogen-bond donors (Lipinski definition) is 1. The number of nitrogen functional groups attached to an aromatic ring is 1. The summed E-state index contributed by atoms with van der Waals surface area (Å²) in [4.78, 5) is 7.95. The van der Waals surface area contributed by atoms with E-state index in [1.54, 1.807) is 34.4 Å². The van der Waals surface area contributed by atoms with Crippen LogP contribution in [-0.4, -0.2) is 9.97 Å². The maximum absolute atomic E-state index is 5.60. The predicted octanol–water partition coefficient (Wildman–Crippen LogP) is 3.64. The lowest BCUT2D eigenvalue weighted by Crippen LogP contribution is -1.81. The Morgan fingerprint density at radius 2 is 1.94 bits per heavy atom. The second-order valence-electron chi connectivity index (χ2n) is 3.63. The molecule has 88 valence electrons. The van der Waals surface area contributed by atoms with E-state index in [0.29, 0.717) is 5.13 Å². The highest BCUT2D eigenvalue weighted by Crippen LogP contribution is 2.26. The second kappa shape index (κ2) is 5.25. The van der Waals surface area contributed by atoms with Crippen LogP contribution in [0, 0.1) is 13.8 Å². The molecule has 0 aliphatic heterocycles. The van der Waals surface area contributed by atoms with Crippen LogP contribution < -0.4 is 5.73 Å². The average molecular weight is 263 g/mol. The van der Waals surface area contributed by atoms with E-state index < -0.39 is 0 Å². The van der Waals surface area contributed by atoms with E-state index >= 15 is 0 Å². The van der Waals surface area contributed by atoms with E-state index in [4.69, 9.17) is 5.73 Å². The molecule has 2 aromatic heterocycles. The highest BCUT2D eigenvalue weighted by Gasteiger charge is 2.02. The quantitative estimate of drug-likeness (QED) is 0.673. The van der Waals surface area contributed by atoms with Crippen LogP contribution in [0.15, 0.2) is 29.2 Å². The number of anilines is 1. The van der Waals surface area contributed by atoms with Crippen molar-refractivity contribution >= 4 is 38.0 Å². The molecule has 2 N–H and O–H groups in total. The summed E-state index contributed by atoms with van der Waals surface area (Å²) in [6.45, 7) is 4.19. The number of aryl methyl sites for hydroxylation is 2. The molecule has 0 saturated heterocycles. The van der Waals surface area contributed by atoms with Gasteiger partial charge in [-0.1, -0.05) is 11.3 Å². The lowest BCUT2D eigenvalue weighted by Gasteiger charge is -1.96. The molecular formula is C12H13N3S2. The van der Waals surface area contributed by atoms with Crippen molar-refractivity contribution in [3.63, 3.8) is 0 Å². The zero-order chi connectivity index (χ0) is 12.3. The fourth-order valence-corrected chi connectivity index (χ4v) is 2.54. The van der Waals surface area contributed by atoms with Gasteiger partial charge in [-0.3, -0.25) is 4.98 Å². The third-order valence-corrected chi connectivity index (χ3v) is 3.74. The van der Waals surface area contributed by atoms with Crippen LogP contribution in [0.2, 0.25) is 0 Å². The molecule has 0 aliphatic rings. The largest absolute Gasteiger partial charge is 0.375 e. The topological polar surface area (TPSA) is 51.8 Å². The van der Waals surface area contributed by atoms with Crippen LogP contribution >= 0.6 is 22.7 Å². The molecule has 0 amide bonds. The van der Waals surface area contributed by atoms with Gasteiger partial charge in [0.2, 0.25) is 0 Å². The fourth-order valence-electron chi connectivity index (χ4n) is 1.37. The number of nitrogens with zero attached hydrogens (tertiary/aromatic N) is 2. The summed E-state index contributed by atoms with van der Waals surface area (Å²) in [6, 6.07) is 4.22. The van der Waals surface area contributed by atoms with E-state index in [-0.39, 0.29) is 0 Å². The van der Waals surface area contributed by atoms with Crippen molar-refractivity contribution in [1.29, 1.82) is 0 Å². The molecular weight excluding hydrogens is 250 g/mol. The SMILES string of the molecule is Cc1cc2nc(N)sc2cc1C.c1cscn1. The minimum Gasteiger partial charge on any atom is -0.375 e. The Bertz CT molecular complexity index is 543. The average Bonchev–Trinajstić information content (AvgIpc) is 2.91. The molecule has 5 heteroatoms. The summed E-state index contributed by atoms with van der Waals surface area (Å²) in [5.41, 5.74) is 11.0. The van der Waals surface area contributed by atoms with Crippen LogP contribution in [0.25, 0.3) is 10.2 Å². The first-order valence-corrected chi connectivity index (χ1v) is 6.88. The molecule has 0 fully saturated rings. The van der Waals surface area contributed by atoms with Gasteiger partial charge in [0.05, 0.1) is 15.7 Å². The number of nitrogens with two attached hydrogens (primary N) is 1. The van der Waals surface area contributed by atoms with Crippen molar-refractivity contribution < 1.29 is 0 Å². The number of aromatic nitrogens is 2. The summed E-state index contributed by atoms with van der Waals surface area (Å²) in [5, 5.41) is 2.58. The van der Waals surface area contributed by atoms with Crippen molar-refractivity contribution in [1.82, 2.24) is 9.97 Å². The summed E-state index contributed by atoms with van der Waals surface area (Å²) in [6.07, 6.45) is 1.77. The van der Waals surface area contributed by atoms with Crippen molar-refractivity contribution in [3.05, 3.63) is 40.3 Å². The minimum absolute atomic E-state index is 0.648. The molecule has 17 heavy (non-hydrogen) atoms. The summed E-state index contributed by atoms with van der Waals surface area (Å²) in [5.74, 6) is 0. The van der Waals surface area contributed by atoms with Crippen molar-refractivity contribution in [2.24, 2.45) is 0 Å². The predicted molar refractivity (Wildman–Crippen MR) is 75.6 cm³/mol. The van der Waals surface area contributed by atoms with Gasteiger partial charge in [-0.05, 0) is 37.1 Å². The standard InChI is InChI=1S/C9H10N2S.C3H3NS/c1-5-3-7-8(4-6(5)2)12-9(10)11-7;1-2-5-3-4-1/h3-4H,1-2H3,(H2,10,11);1-3H. The molecule has 3 rings (SSSR count). The van der Waals surface area contributed by atoms with Crippen molar-refractivity contribution in [2.45, 2.75) is 13.8 Å². The number of benzene rings is 1. The lowest BCUT2D eigenvalue weighted by atomic mass is 10.1. The van der Waals surface area contributed by atoms with E-state index in [2.05, 4.69) is 35.9 Å². The number of rotatable bonds is 0. The second-order valence-corrected chi connectivity index (χ2v) is 5.45. The number of thiazole rings is 2. The summed E-state index contributed by atoms with van der Waals surface area (Å²) in [7, 11) is 0. The normalized spacial score (nSPS) is 10.0. The van der Waals surface area contributed by atoms with Crippen LogP contribution in [0.3, 0.4) is 0 Å². The first-order chi connectivity index (χ1) is 8.16. The van der Waals surface area contributed by atoms with Crippen LogP contribution in [-0.2, 0) is 0 Å². The molecule has 0 unspecified atom stereocenters. The molecule has 0 radical (unpaired) electrons. The van der Waals surface area contributed by atoms with Gasteiger partial charge in [-0.15, -0.1) is 11.3 Å². The molecule has 0 spiro atoms. The van der Waals surface area contributed by atoms with Gasteiger partial charge in [-0.2, -0.15) is 0 Å². The van der Waals surface area contributed by atoms with Gasteiger partial charge in [0.1, 0.15) is 0 Å². The Morgan fingerprint density at radius 1 is 1.18 bits per heavy atom. The first kappa shape index (κ1) is 12.0. The zero-order valence-corrected chi connectivity index (χ0v) is 11.3. The van der Waals surface area contributed by atoms with Crippen LogP contribution in [0.5, 0.6) is 0 Å². The molecule has 0 saturated carbocycles. The third kappa shape index (κ3) is 3.01. The van der Waals surface area contributed by atoms with Gasteiger partial charge >= 0.3 is 0 Å².